The van der Waals surface area contributed by atoms with Gasteiger partial charge in [-0.3, -0.25) is 4.79 Å². The van der Waals surface area contributed by atoms with Crippen molar-refractivity contribution in [3.05, 3.63) is 27.7 Å². The minimum absolute atomic E-state index is 0.0693. The van der Waals surface area contributed by atoms with Crippen LogP contribution in [0.25, 0.3) is 0 Å². The first kappa shape index (κ1) is 16.8. The van der Waals surface area contributed by atoms with E-state index in [1.165, 1.54) is 17.0 Å². The number of hydrogen-bond donors (Lipinski definition) is 0. The van der Waals surface area contributed by atoms with Crippen molar-refractivity contribution >= 4 is 48.8 Å². The van der Waals surface area contributed by atoms with Crippen LogP contribution in [0.1, 0.15) is 16.8 Å². The van der Waals surface area contributed by atoms with Crippen LogP contribution in [0, 0.1) is 0 Å². The van der Waals surface area contributed by atoms with Crippen molar-refractivity contribution < 1.29 is 17.9 Å². The molecule has 2 rings (SSSR count). The molecule has 116 valence electrons. The monoisotopic (exact) mass is 371 g/mol. The highest BCUT2D eigenvalue weighted by atomic mass is 35.7. The molecule has 9 heteroatoms. The van der Waals surface area contributed by atoms with Gasteiger partial charge in [0, 0.05) is 24.3 Å². The van der Waals surface area contributed by atoms with Gasteiger partial charge in [-0.25, -0.2) is 8.42 Å². The lowest BCUT2D eigenvalue weighted by atomic mass is 10.1. The Labute approximate surface area is 137 Å². The van der Waals surface area contributed by atoms with E-state index in [2.05, 4.69) is 0 Å². The Kier molecular flexibility index (Phi) is 5.05. The normalized spacial score (nSPS) is 18.8. The van der Waals surface area contributed by atoms with Crippen LogP contribution in [0.5, 0.6) is 0 Å². The second kappa shape index (κ2) is 6.30. The average Bonchev–Trinajstić information content (AvgIpc) is 2.89. The first-order valence-corrected chi connectivity index (χ1v) is 9.07. The molecule has 1 aromatic rings. The van der Waals surface area contributed by atoms with Crippen molar-refractivity contribution in [1.29, 1.82) is 0 Å². The number of carbonyl (C=O) groups excluding carboxylic acids is 1. The largest absolute Gasteiger partial charge is 0.379 e. The highest BCUT2D eigenvalue weighted by Crippen LogP contribution is 2.34. The molecule has 1 atom stereocenters. The summed E-state index contributed by atoms with van der Waals surface area (Å²) < 4.78 is 28.1. The standard InChI is InChI=1S/C12H12Cl3NO4S/c1-16(7-4-5-20-6-7)12(17)10-8(13)2-3-9(11(10)14)21(15,18)19/h2-3,7H,4-6H2,1H3. The van der Waals surface area contributed by atoms with Gasteiger partial charge >= 0.3 is 0 Å². The molecule has 0 radical (unpaired) electrons. The van der Waals surface area contributed by atoms with E-state index in [9.17, 15) is 13.2 Å². The van der Waals surface area contributed by atoms with E-state index < -0.39 is 15.0 Å². The van der Waals surface area contributed by atoms with Gasteiger partial charge in [0.15, 0.2) is 0 Å². The van der Waals surface area contributed by atoms with E-state index in [1.807, 2.05) is 0 Å². The first-order valence-electron chi connectivity index (χ1n) is 6.01. The molecule has 1 unspecified atom stereocenters. The summed E-state index contributed by atoms with van der Waals surface area (Å²) in [4.78, 5) is 13.6. The van der Waals surface area contributed by atoms with Gasteiger partial charge in [-0.15, -0.1) is 0 Å². The molecule has 0 bridgehead atoms. The minimum atomic E-state index is -4.06. The van der Waals surface area contributed by atoms with Crippen molar-refractivity contribution in [3.63, 3.8) is 0 Å². The number of halogens is 3. The topological polar surface area (TPSA) is 63.7 Å². The number of likely N-dealkylation sites (N-methyl/N-ethyl adjacent to an activating group) is 1. The molecule has 1 saturated heterocycles. The molecule has 1 fully saturated rings. The minimum Gasteiger partial charge on any atom is -0.379 e. The lowest BCUT2D eigenvalue weighted by Gasteiger charge is -2.24. The predicted molar refractivity (Wildman–Crippen MR) is 80.8 cm³/mol. The summed E-state index contributed by atoms with van der Waals surface area (Å²) >= 11 is 12.0. The maximum atomic E-state index is 12.5. The summed E-state index contributed by atoms with van der Waals surface area (Å²) in [6.07, 6.45) is 0.699. The van der Waals surface area contributed by atoms with Crippen LogP contribution in [0.3, 0.4) is 0 Å². The molecule has 0 aromatic heterocycles. The van der Waals surface area contributed by atoms with Gasteiger partial charge in [-0.1, -0.05) is 23.2 Å². The summed E-state index contributed by atoms with van der Waals surface area (Å²) in [6, 6.07) is 2.36. The second-order valence-electron chi connectivity index (χ2n) is 4.61. The van der Waals surface area contributed by atoms with Crippen LogP contribution < -0.4 is 0 Å². The van der Waals surface area contributed by atoms with E-state index >= 15 is 0 Å². The molecular formula is C12H12Cl3NO4S. The molecule has 0 saturated carbocycles. The van der Waals surface area contributed by atoms with Crippen molar-refractivity contribution in [3.8, 4) is 0 Å². The van der Waals surface area contributed by atoms with Gasteiger partial charge < -0.3 is 9.64 Å². The third kappa shape index (κ3) is 3.46. The molecule has 0 N–H and O–H groups in total. The van der Waals surface area contributed by atoms with Crippen LogP contribution >= 0.6 is 33.9 Å². The maximum absolute atomic E-state index is 12.5. The Morgan fingerprint density at radius 2 is 2.05 bits per heavy atom. The van der Waals surface area contributed by atoms with Gasteiger partial charge in [0.05, 0.1) is 28.3 Å². The summed E-state index contributed by atoms with van der Waals surface area (Å²) in [7, 11) is 2.83. The molecular weight excluding hydrogens is 361 g/mol. The van der Waals surface area contributed by atoms with Gasteiger partial charge in [-0.05, 0) is 18.6 Å². The number of rotatable bonds is 3. The van der Waals surface area contributed by atoms with E-state index in [-0.39, 0.29) is 26.5 Å². The van der Waals surface area contributed by atoms with Crippen LogP contribution in [0.4, 0.5) is 0 Å². The van der Waals surface area contributed by atoms with E-state index in [4.69, 9.17) is 38.6 Å². The Bertz CT molecular complexity index is 671. The number of hydrogen-bond acceptors (Lipinski definition) is 4. The highest BCUT2D eigenvalue weighted by molar-refractivity contribution is 8.13. The number of nitrogens with zero attached hydrogens (tertiary/aromatic N) is 1. The van der Waals surface area contributed by atoms with Crippen LogP contribution in [-0.4, -0.2) is 45.5 Å². The zero-order valence-corrected chi connectivity index (χ0v) is 14.1. The lowest BCUT2D eigenvalue weighted by molar-refractivity contribution is 0.0711. The molecule has 1 aromatic carbocycles. The summed E-state index contributed by atoms with van der Waals surface area (Å²) in [5.41, 5.74) is -0.0746. The maximum Gasteiger partial charge on any atom is 0.262 e. The van der Waals surface area contributed by atoms with Crippen molar-refractivity contribution in [2.24, 2.45) is 0 Å². The third-order valence-corrected chi connectivity index (χ3v) is 5.49. The predicted octanol–water partition coefficient (Wildman–Crippen LogP) is 2.78. The molecule has 1 heterocycles. The quantitative estimate of drug-likeness (QED) is 0.765. The fourth-order valence-corrected chi connectivity index (χ4v) is 3.98. The zero-order valence-electron chi connectivity index (χ0n) is 11.0. The number of ether oxygens (including phenoxy) is 1. The lowest BCUT2D eigenvalue weighted by Crippen LogP contribution is -2.37. The number of amides is 1. The fourth-order valence-electron chi connectivity index (χ4n) is 2.09. The summed E-state index contributed by atoms with van der Waals surface area (Å²) in [6.45, 7) is 0.991. The summed E-state index contributed by atoms with van der Waals surface area (Å²) in [5.74, 6) is -0.470. The smallest absolute Gasteiger partial charge is 0.262 e. The number of carbonyl (C=O) groups is 1. The van der Waals surface area contributed by atoms with Gasteiger partial charge in [0.2, 0.25) is 0 Å². The van der Waals surface area contributed by atoms with E-state index in [0.717, 1.165) is 0 Å². The van der Waals surface area contributed by atoms with Gasteiger partial charge in [-0.2, -0.15) is 0 Å². The van der Waals surface area contributed by atoms with E-state index in [1.54, 1.807) is 7.05 Å². The molecule has 1 aliphatic rings. The van der Waals surface area contributed by atoms with Gasteiger partial charge in [0.25, 0.3) is 15.0 Å². The Morgan fingerprint density at radius 1 is 1.38 bits per heavy atom. The third-order valence-electron chi connectivity index (χ3n) is 3.31. The SMILES string of the molecule is CN(C(=O)c1c(Cl)ccc(S(=O)(=O)Cl)c1Cl)C1CCOC1. The second-order valence-corrected chi connectivity index (χ2v) is 7.93. The Balaban J connectivity index is 2.45. The first-order chi connectivity index (χ1) is 9.73. The van der Waals surface area contributed by atoms with Crippen molar-refractivity contribution in [1.82, 2.24) is 4.90 Å². The fraction of sp³-hybridized carbons (Fsp3) is 0.417. The molecule has 0 spiro atoms. The zero-order chi connectivity index (χ0) is 15.8. The molecule has 1 aliphatic heterocycles. The Hall–Kier alpha value is -0.530. The molecule has 1 amide bonds. The average molecular weight is 373 g/mol. The van der Waals surface area contributed by atoms with Crippen LogP contribution in [-0.2, 0) is 13.8 Å². The molecule has 21 heavy (non-hydrogen) atoms. The molecule has 0 aliphatic carbocycles. The summed E-state index contributed by atoms with van der Waals surface area (Å²) in [5, 5.41) is -0.201. The van der Waals surface area contributed by atoms with Crippen molar-refractivity contribution in [2.45, 2.75) is 17.4 Å². The highest BCUT2D eigenvalue weighted by Gasteiger charge is 2.30. The Morgan fingerprint density at radius 3 is 2.57 bits per heavy atom. The molecule has 5 nitrogen and oxygen atoms in total. The van der Waals surface area contributed by atoms with Crippen LogP contribution in [0.2, 0.25) is 10.0 Å². The van der Waals surface area contributed by atoms with Crippen LogP contribution in [0.15, 0.2) is 17.0 Å². The van der Waals surface area contributed by atoms with Gasteiger partial charge in [0.1, 0.15) is 4.90 Å². The van der Waals surface area contributed by atoms with Crippen molar-refractivity contribution in [2.75, 3.05) is 20.3 Å². The number of benzene rings is 1. The van der Waals surface area contributed by atoms with E-state index in [0.29, 0.717) is 19.6 Å².